The molecule has 2 aromatic rings. The van der Waals surface area contributed by atoms with Crippen LogP contribution in [-0.4, -0.2) is 31.1 Å². The molecule has 0 atom stereocenters. The fraction of sp³-hybridized carbons (Fsp3) is 0.174. The van der Waals surface area contributed by atoms with E-state index in [0.29, 0.717) is 36.0 Å². The Balaban J connectivity index is 2.04. The molecule has 0 bridgehead atoms. The molecule has 31 heavy (non-hydrogen) atoms. The van der Waals surface area contributed by atoms with Crippen LogP contribution in [0.25, 0.3) is 6.08 Å². The number of hydrogen-bond acceptors (Lipinski definition) is 5. The molecule has 0 saturated carbocycles. The lowest BCUT2D eigenvalue weighted by molar-refractivity contribution is -0.122. The molecule has 7 nitrogen and oxygen atoms in total. The first kappa shape index (κ1) is 22.5. The molecular formula is C23H21IN2O5. The van der Waals surface area contributed by atoms with Crippen LogP contribution in [0, 0.1) is 10.5 Å². The number of aryl methyl sites for hydroxylation is 1. The molecule has 0 aromatic heterocycles. The summed E-state index contributed by atoms with van der Waals surface area (Å²) in [4.78, 5) is 39.0. The summed E-state index contributed by atoms with van der Waals surface area (Å²) in [7, 11) is 0. The average Bonchev–Trinajstić information content (AvgIpc) is 2.72. The van der Waals surface area contributed by atoms with Gasteiger partial charge in [0.2, 0.25) is 0 Å². The molecule has 1 saturated heterocycles. The Labute approximate surface area is 193 Å². The van der Waals surface area contributed by atoms with Crippen LogP contribution in [0.15, 0.2) is 54.6 Å². The second-order valence-electron chi connectivity index (χ2n) is 6.61. The van der Waals surface area contributed by atoms with Gasteiger partial charge in [-0.05, 0) is 71.8 Å². The molecule has 0 spiro atoms. The summed E-state index contributed by atoms with van der Waals surface area (Å²) in [5.74, 6) is -0.401. The molecule has 1 N–H and O–H groups in total. The molecule has 1 aliphatic heterocycles. The number of urea groups is 1. The van der Waals surface area contributed by atoms with Gasteiger partial charge in [0.25, 0.3) is 11.8 Å². The number of hydrogen-bond donors (Lipinski definition) is 1. The number of benzene rings is 2. The molecule has 1 heterocycles. The summed E-state index contributed by atoms with van der Waals surface area (Å²) in [6.07, 6.45) is 3.07. The fourth-order valence-electron chi connectivity index (χ4n) is 3.07. The SMILES string of the molecule is C=CCOc1c(I)cc(/C=C2\C(=O)NC(=O)N(c3ccccc3C)C2=O)cc1OCC. The molecule has 4 amide bonds. The quantitative estimate of drug-likeness (QED) is 0.250. The maximum absolute atomic E-state index is 13.1. The molecule has 160 valence electrons. The van der Waals surface area contributed by atoms with Crippen LogP contribution < -0.4 is 19.7 Å². The van der Waals surface area contributed by atoms with Gasteiger partial charge in [-0.15, -0.1) is 0 Å². The van der Waals surface area contributed by atoms with E-state index >= 15 is 0 Å². The van der Waals surface area contributed by atoms with Crippen molar-refractivity contribution in [1.82, 2.24) is 5.32 Å². The number of anilines is 1. The maximum atomic E-state index is 13.1. The van der Waals surface area contributed by atoms with Gasteiger partial charge in [0.15, 0.2) is 11.5 Å². The third-order valence-electron chi connectivity index (χ3n) is 4.45. The van der Waals surface area contributed by atoms with Gasteiger partial charge in [-0.1, -0.05) is 30.9 Å². The van der Waals surface area contributed by atoms with E-state index in [2.05, 4.69) is 34.5 Å². The number of carbonyl (C=O) groups is 3. The molecule has 3 rings (SSSR count). The number of rotatable bonds is 7. The third-order valence-corrected chi connectivity index (χ3v) is 5.25. The Hall–Kier alpha value is -3.14. The number of carbonyl (C=O) groups excluding carboxylic acids is 3. The predicted molar refractivity (Wildman–Crippen MR) is 126 cm³/mol. The maximum Gasteiger partial charge on any atom is 0.335 e. The number of halogens is 1. The van der Waals surface area contributed by atoms with Crippen LogP contribution in [0.4, 0.5) is 10.5 Å². The van der Waals surface area contributed by atoms with Crippen molar-refractivity contribution < 1.29 is 23.9 Å². The first-order chi connectivity index (χ1) is 14.9. The molecule has 1 aliphatic rings. The monoisotopic (exact) mass is 532 g/mol. The van der Waals surface area contributed by atoms with E-state index in [1.807, 2.05) is 6.92 Å². The van der Waals surface area contributed by atoms with Crippen molar-refractivity contribution in [3.63, 3.8) is 0 Å². The molecule has 0 unspecified atom stereocenters. The minimum absolute atomic E-state index is 0.152. The first-order valence-electron chi connectivity index (χ1n) is 9.54. The number of nitrogens with one attached hydrogen (secondary N) is 1. The molecule has 0 aliphatic carbocycles. The van der Waals surface area contributed by atoms with E-state index in [1.54, 1.807) is 49.4 Å². The van der Waals surface area contributed by atoms with Crippen molar-refractivity contribution in [1.29, 1.82) is 0 Å². The fourth-order valence-corrected chi connectivity index (χ4v) is 3.85. The van der Waals surface area contributed by atoms with Crippen LogP contribution in [0.3, 0.4) is 0 Å². The normalized spacial score (nSPS) is 15.1. The summed E-state index contributed by atoms with van der Waals surface area (Å²) in [6, 6.07) is 9.65. The smallest absolute Gasteiger partial charge is 0.335 e. The minimum atomic E-state index is -0.779. The van der Waals surface area contributed by atoms with E-state index in [-0.39, 0.29) is 5.57 Å². The van der Waals surface area contributed by atoms with E-state index in [4.69, 9.17) is 9.47 Å². The predicted octanol–water partition coefficient (Wildman–Crippen LogP) is 4.23. The van der Waals surface area contributed by atoms with Gasteiger partial charge in [-0.3, -0.25) is 14.9 Å². The standard InChI is InChI=1S/C23H21IN2O5/c1-4-10-31-20-17(24)12-15(13-19(20)30-5-2)11-16-21(27)25-23(29)26(22(16)28)18-9-7-6-8-14(18)3/h4,6-9,11-13H,1,5,10H2,2-3H3,(H,25,27,29)/b16-11+. The van der Waals surface area contributed by atoms with Crippen LogP contribution in [0.1, 0.15) is 18.1 Å². The largest absolute Gasteiger partial charge is 0.490 e. The zero-order chi connectivity index (χ0) is 22.5. The second-order valence-corrected chi connectivity index (χ2v) is 7.77. The van der Waals surface area contributed by atoms with Crippen LogP contribution in [-0.2, 0) is 9.59 Å². The van der Waals surface area contributed by atoms with Gasteiger partial charge in [0.1, 0.15) is 12.2 Å². The van der Waals surface area contributed by atoms with Crippen molar-refractivity contribution >= 4 is 52.2 Å². The molecule has 0 radical (unpaired) electrons. The molecular weight excluding hydrogens is 511 g/mol. The summed E-state index contributed by atoms with van der Waals surface area (Å²) >= 11 is 2.10. The number of barbiturate groups is 1. The lowest BCUT2D eigenvalue weighted by atomic mass is 10.1. The van der Waals surface area contributed by atoms with Gasteiger partial charge in [0.05, 0.1) is 15.9 Å². The van der Waals surface area contributed by atoms with E-state index in [1.165, 1.54) is 6.08 Å². The summed E-state index contributed by atoms with van der Waals surface area (Å²) < 4.78 is 12.1. The van der Waals surface area contributed by atoms with Crippen LogP contribution >= 0.6 is 22.6 Å². The number of imide groups is 2. The highest BCUT2D eigenvalue weighted by Gasteiger charge is 2.37. The van der Waals surface area contributed by atoms with Gasteiger partial charge in [0, 0.05) is 0 Å². The van der Waals surface area contributed by atoms with Crippen molar-refractivity contribution in [2.75, 3.05) is 18.1 Å². The highest BCUT2D eigenvalue weighted by molar-refractivity contribution is 14.1. The summed E-state index contributed by atoms with van der Waals surface area (Å²) in [5.41, 5.74) is 1.56. The van der Waals surface area contributed by atoms with Gasteiger partial charge >= 0.3 is 6.03 Å². The zero-order valence-corrected chi connectivity index (χ0v) is 19.3. The number of ether oxygens (including phenoxy) is 2. The summed E-state index contributed by atoms with van der Waals surface area (Å²) in [6.45, 7) is 8.00. The Morgan fingerprint density at radius 1 is 1.16 bits per heavy atom. The van der Waals surface area contributed by atoms with Crippen molar-refractivity contribution in [2.24, 2.45) is 0 Å². The van der Waals surface area contributed by atoms with Crippen molar-refractivity contribution in [2.45, 2.75) is 13.8 Å². The summed E-state index contributed by atoms with van der Waals surface area (Å²) in [5, 5.41) is 2.24. The highest BCUT2D eigenvalue weighted by atomic mass is 127. The van der Waals surface area contributed by atoms with Crippen molar-refractivity contribution in [3.05, 3.63) is 69.3 Å². The van der Waals surface area contributed by atoms with E-state index in [0.717, 1.165) is 14.0 Å². The first-order valence-corrected chi connectivity index (χ1v) is 10.6. The lowest BCUT2D eigenvalue weighted by Crippen LogP contribution is -2.54. The minimum Gasteiger partial charge on any atom is -0.490 e. The van der Waals surface area contributed by atoms with E-state index in [9.17, 15) is 14.4 Å². The van der Waals surface area contributed by atoms with Gasteiger partial charge in [-0.25, -0.2) is 9.69 Å². The number of para-hydroxylation sites is 1. The topological polar surface area (TPSA) is 84.9 Å². The third kappa shape index (κ3) is 4.79. The number of amides is 4. The van der Waals surface area contributed by atoms with Crippen molar-refractivity contribution in [3.8, 4) is 11.5 Å². The zero-order valence-electron chi connectivity index (χ0n) is 17.1. The molecule has 1 fully saturated rings. The Morgan fingerprint density at radius 3 is 2.58 bits per heavy atom. The lowest BCUT2D eigenvalue weighted by Gasteiger charge is -2.27. The van der Waals surface area contributed by atoms with E-state index < -0.39 is 17.8 Å². The molecule has 2 aromatic carbocycles. The van der Waals surface area contributed by atoms with Crippen LogP contribution in [0.2, 0.25) is 0 Å². The molecule has 8 heteroatoms. The Bertz CT molecular complexity index is 1090. The Morgan fingerprint density at radius 2 is 1.90 bits per heavy atom. The Kier molecular flexibility index (Phi) is 7.11. The average molecular weight is 532 g/mol. The number of nitrogens with zero attached hydrogens (tertiary/aromatic N) is 1. The van der Waals surface area contributed by atoms with Gasteiger partial charge in [-0.2, -0.15) is 0 Å². The second kappa shape index (κ2) is 9.78. The van der Waals surface area contributed by atoms with Gasteiger partial charge < -0.3 is 9.47 Å². The highest BCUT2D eigenvalue weighted by Crippen LogP contribution is 2.35. The van der Waals surface area contributed by atoms with Crippen LogP contribution in [0.5, 0.6) is 11.5 Å².